The maximum atomic E-state index is 13.5. The average molecular weight is 340 g/mol. The number of hydrogen-bond acceptors (Lipinski definition) is 2. The van der Waals surface area contributed by atoms with Gasteiger partial charge in [-0.05, 0) is 63.6 Å². The third-order valence-electron chi connectivity index (χ3n) is 3.68. The highest BCUT2D eigenvalue weighted by Gasteiger charge is 2.20. The van der Waals surface area contributed by atoms with Gasteiger partial charge in [0.15, 0.2) is 0 Å². The van der Waals surface area contributed by atoms with E-state index in [1.54, 1.807) is 6.07 Å². The summed E-state index contributed by atoms with van der Waals surface area (Å²) in [5, 5.41) is 3.30. The molecule has 0 aliphatic rings. The van der Waals surface area contributed by atoms with Gasteiger partial charge in [-0.15, -0.1) is 0 Å². The minimum absolute atomic E-state index is 0.112. The first-order valence-corrected chi connectivity index (χ1v) is 7.40. The molecule has 1 aromatic heterocycles. The highest BCUT2D eigenvalue weighted by atomic mass is 79.9. The molecule has 0 spiro atoms. The molecule has 1 N–H and O–H groups in total. The number of likely N-dealkylation sites (N-methyl/N-ethyl adjacent to an activating group) is 1. The van der Waals surface area contributed by atoms with Crippen LogP contribution >= 0.6 is 15.9 Å². The summed E-state index contributed by atoms with van der Waals surface area (Å²) in [6.45, 7) is 6.01. The zero-order chi connectivity index (χ0) is 14.9. The van der Waals surface area contributed by atoms with Crippen LogP contribution in [0.3, 0.4) is 0 Å². The summed E-state index contributed by atoms with van der Waals surface area (Å²) in [6, 6.07) is 5.11. The molecule has 108 valence electrons. The van der Waals surface area contributed by atoms with E-state index < -0.39 is 0 Å². The van der Waals surface area contributed by atoms with Crippen LogP contribution < -0.4 is 5.32 Å². The fraction of sp³-hybridized carbons (Fsp3) is 0.375. The molecular formula is C16H19BrFNO. The Balaban J connectivity index is 2.33. The van der Waals surface area contributed by atoms with Crippen LogP contribution in [0, 0.1) is 26.6 Å². The van der Waals surface area contributed by atoms with Crippen molar-refractivity contribution >= 4 is 15.9 Å². The maximum absolute atomic E-state index is 13.5. The van der Waals surface area contributed by atoms with Crippen LogP contribution in [-0.4, -0.2) is 7.05 Å². The molecule has 1 heterocycles. The summed E-state index contributed by atoms with van der Waals surface area (Å²) in [5.74, 6) is 1.65. The molecule has 1 atom stereocenters. The van der Waals surface area contributed by atoms with E-state index in [2.05, 4.69) is 28.2 Å². The number of furan rings is 1. The highest BCUT2D eigenvalue weighted by molar-refractivity contribution is 9.10. The lowest BCUT2D eigenvalue weighted by Gasteiger charge is -2.17. The smallest absolute Gasteiger partial charge is 0.124 e. The number of halogens is 2. The number of hydrogen-bond donors (Lipinski definition) is 1. The van der Waals surface area contributed by atoms with E-state index in [4.69, 9.17) is 4.42 Å². The topological polar surface area (TPSA) is 25.2 Å². The van der Waals surface area contributed by atoms with E-state index in [9.17, 15) is 4.39 Å². The molecule has 0 amide bonds. The predicted octanol–water partition coefficient (Wildman–Crippen LogP) is 4.61. The van der Waals surface area contributed by atoms with Crippen molar-refractivity contribution in [2.45, 2.75) is 33.2 Å². The minimum Gasteiger partial charge on any atom is -0.466 e. The first-order chi connectivity index (χ1) is 9.42. The summed E-state index contributed by atoms with van der Waals surface area (Å²) in [6.07, 6.45) is 0.716. The molecule has 1 aromatic carbocycles. The molecule has 20 heavy (non-hydrogen) atoms. The molecule has 2 nitrogen and oxygen atoms in total. The van der Waals surface area contributed by atoms with Gasteiger partial charge in [0, 0.05) is 16.1 Å². The summed E-state index contributed by atoms with van der Waals surface area (Å²) >= 11 is 3.34. The van der Waals surface area contributed by atoms with Crippen LogP contribution in [-0.2, 0) is 6.42 Å². The average Bonchev–Trinajstić information content (AvgIpc) is 2.60. The summed E-state index contributed by atoms with van der Waals surface area (Å²) in [5.41, 5.74) is 3.29. The predicted molar refractivity (Wildman–Crippen MR) is 82.5 cm³/mol. The summed E-state index contributed by atoms with van der Waals surface area (Å²) in [4.78, 5) is 0. The molecule has 1 unspecified atom stereocenters. The lowest BCUT2D eigenvalue weighted by Crippen LogP contribution is -2.20. The largest absolute Gasteiger partial charge is 0.466 e. The third-order valence-corrected chi connectivity index (χ3v) is 4.13. The Morgan fingerprint density at radius 3 is 2.40 bits per heavy atom. The molecule has 4 heteroatoms. The van der Waals surface area contributed by atoms with E-state index in [-0.39, 0.29) is 11.9 Å². The van der Waals surface area contributed by atoms with E-state index in [1.165, 1.54) is 11.6 Å². The Morgan fingerprint density at radius 2 is 1.90 bits per heavy atom. The van der Waals surface area contributed by atoms with Gasteiger partial charge in [-0.25, -0.2) is 4.39 Å². The van der Waals surface area contributed by atoms with Gasteiger partial charge < -0.3 is 9.73 Å². The monoisotopic (exact) mass is 339 g/mol. The third kappa shape index (κ3) is 3.13. The first-order valence-electron chi connectivity index (χ1n) is 6.61. The Kier molecular flexibility index (Phi) is 4.66. The molecule has 0 saturated carbocycles. The van der Waals surface area contributed by atoms with Crippen molar-refractivity contribution in [1.29, 1.82) is 0 Å². The summed E-state index contributed by atoms with van der Waals surface area (Å²) in [7, 11) is 1.92. The molecule has 0 aliphatic heterocycles. The van der Waals surface area contributed by atoms with Crippen LogP contribution in [0.4, 0.5) is 4.39 Å². The molecule has 0 bridgehead atoms. The van der Waals surface area contributed by atoms with E-state index in [0.29, 0.717) is 6.42 Å². The fourth-order valence-corrected chi connectivity index (χ4v) is 3.15. The Hall–Kier alpha value is -1.13. The minimum atomic E-state index is -0.221. The van der Waals surface area contributed by atoms with Gasteiger partial charge in [0.2, 0.25) is 0 Å². The van der Waals surface area contributed by atoms with Crippen molar-refractivity contribution in [3.8, 4) is 0 Å². The Morgan fingerprint density at radius 1 is 1.20 bits per heavy atom. The fourth-order valence-electron chi connectivity index (χ4n) is 2.63. The second-order valence-corrected chi connectivity index (χ2v) is 5.99. The molecule has 2 rings (SSSR count). The molecule has 0 aliphatic carbocycles. The van der Waals surface area contributed by atoms with Gasteiger partial charge in [0.25, 0.3) is 0 Å². The van der Waals surface area contributed by atoms with E-state index in [1.807, 2.05) is 27.0 Å². The van der Waals surface area contributed by atoms with Crippen LogP contribution in [0.2, 0.25) is 0 Å². The van der Waals surface area contributed by atoms with Gasteiger partial charge in [-0.3, -0.25) is 0 Å². The second kappa shape index (κ2) is 6.10. The Bertz CT molecular complexity index is 601. The van der Waals surface area contributed by atoms with Crippen LogP contribution in [0.1, 0.15) is 34.3 Å². The van der Waals surface area contributed by atoms with E-state index in [0.717, 1.165) is 27.1 Å². The van der Waals surface area contributed by atoms with Crippen molar-refractivity contribution in [2.24, 2.45) is 0 Å². The highest BCUT2D eigenvalue weighted by Crippen LogP contribution is 2.29. The van der Waals surface area contributed by atoms with Crippen molar-refractivity contribution < 1.29 is 8.81 Å². The first kappa shape index (κ1) is 15.3. The number of rotatable bonds is 4. The van der Waals surface area contributed by atoms with Gasteiger partial charge in [0.05, 0.1) is 0 Å². The van der Waals surface area contributed by atoms with Crippen molar-refractivity contribution in [3.63, 3.8) is 0 Å². The van der Waals surface area contributed by atoms with Gasteiger partial charge in [0.1, 0.15) is 17.3 Å². The summed E-state index contributed by atoms with van der Waals surface area (Å²) < 4.78 is 19.9. The molecule has 2 aromatic rings. The SMILES string of the molecule is CNC(Cc1cc(F)cc(Br)c1)c1c(C)oc(C)c1C. The quantitative estimate of drug-likeness (QED) is 0.879. The van der Waals surface area contributed by atoms with Crippen molar-refractivity contribution in [2.75, 3.05) is 7.05 Å². The second-order valence-electron chi connectivity index (χ2n) is 5.08. The van der Waals surface area contributed by atoms with Gasteiger partial charge in [-0.2, -0.15) is 0 Å². The number of aryl methyl sites for hydroxylation is 2. The lowest BCUT2D eigenvalue weighted by molar-refractivity contribution is 0.489. The molecule has 0 saturated heterocycles. The normalized spacial score (nSPS) is 12.7. The van der Waals surface area contributed by atoms with Gasteiger partial charge >= 0.3 is 0 Å². The van der Waals surface area contributed by atoms with Crippen molar-refractivity contribution in [3.05, 3.63) is 56.7 Å². The standard InChI is InChI=1S/C16H19BrFNO/c1-9-10(2)20-11(3)16(9)15(19-4)7-12-5-13(17)8-14(18)6-12/h5-6,8,15,19H,7H2,1-4H3. The van der Waals surface area contributed by atoms with Crippen LogP contribution in [0.25, 0.3) is 0 Å². The number of nitrogens with one attached hydrogen (secondary N) is 1. The Labute approximate surface area is 127 Å². The lowest BCUT2D eigenvalue weighted by atomic mass is 9.96. The molecule has 0 radical (unpaired) electrons. The van der Waals surface area contributed by atoms with Crippen LogP contribution in [0.15, 0.2) is 27.1 Å². The zero-order valence-electron chi connectivity index (χ0n) is 12.2. The van der Waals surface area contributed by atoms with E-state index >= 15 is 0 Å². The molecular weight excluding hydrogens is 321 g/mol. The van der Waals surface area contributed by atoms with Crippen LogP contribution in [0.5, 0.6) is 0 Å². The molecule has 0 fully saturated rings. The van der Waals surface area contributed by atoms with Gasteiger partial charge in [-0.1, -0.05) is 15.9 Å². The zero-order valence-corrected chi connectivity index (χ0v) is 13.8. The maximum Gasteiger partial charge on any atom is 0.124 e. The van der Waals surface area contributed by atoms with Crippen molar-refractivity contribution in [1.82, 2.24) is 5.32 Å². The number of benzene rings is 1.